The number of carbonyl (C=O) groups excluding carboxylic acids is 1. The molecule has 21 heavy (non-hydrogen) atoms. The molecule has 1 aliphatic rings. The van der Waals surface area contributed by atoms with Crippen LogP contribution < -0.4 is 11.1 Å². The first kappa shape index (κ1) is 16.0. The highest BCUT2D eigenvalue weighted by Gasteiger charge is 2.29. The fourth-order valence-corrected chi connectivity index (χ4v) is 2.57. The fraction of sp³-hybridized carbons (Fsp3) is 0.733. The maximum absolute atomic E-state index is 12.3. The zero-order valence-electron chi connectivity index (χ0n) is 13.3. The van der Waals surface area contributed by atoms with Crippen molar-refractivity contribution in [3.05, 3.63) is 18.2 Å². The van der Waals surface area contributed by atoms with E-state index in [1.807, 2.05) is 32.3 Å². The Hall–Kier alpha value is -1.40. The van der Waals surface area contributed by atoms with Crippen molar-refractivity contribution in [3.8, 4) is 0 Å². The number of hydrogen-bond donors (Lipinski definition) is 2. The van der Waals surface area contributed by atoms with E-state index < -0.39 is 0 Å². The van der Waals surface area contributed by atoms with Crippen molar-refractivity contribution < 1.29 is 9.53 Å². The van der Waals surface area contributed by atoms with Gasteiger partial charge in [-0.2, -0.15) is 0 Å². The molecule has 0 saturated carbocycles. The molecule has 1 aliphatic heterocycles. The molecule has 3 atom stereocenters. The van der Waals surface area contributed by atoms with Crippen LogP contribution in [0.15, 0.2) is 12.5 Å². The summed E-state index contributed by atoms with van der Waals surface area (Å²) in [5.41, 5.74) is 6.97. The molecule has 1 aromatic heterocycles. The summed E-state index contributed by atoms with van der Waals surface area (Å²) in [5.74, 6) is 0.259. The lowest BCUT2D eigenvalue weighted by molar-refractivity contribution is -0.125. The Morgan fingerprint density at radius 2 is 2.29 bits per heavy atom. The van der Waals surface area contributed by atoms with Crippen LogP contribution in [0.3, 0.4) is 0 Å². The standard InChI is InChI=1S/C15H26N4O2/c1-10(14(20)18-15(2,3)4)19-9-17-7-12(19)13(16)11-5-6-21-8-11/h7,9-11,13H,5-6,8,16H2,1-4H3,(H,18,20). The topological polar surface area (TPSA) is 82.2 Å². The molecule has 1 amide bonds. The van der Waals surface area contributed by atoms with E-state index in [4.69, 9.17) is 10.5 Å². The smallest absolute Gasteiger partial charge is 0.243 e. The molecule has 2 rings (SSSR count). The molecule has 0 spiro atoms. The summed E-state index contributed by atoms with van der Waals surface area (Å²) in [5, 5.41) is 2.99. The number of hydrogen-bond acceptors (Lipinski definition) is 4. The van der Waals surface area contributed by atoms with Crippen molar-refractivity contribution in [2.45, 2.75) is 51.7 Å². The van der Waals surface area contributed by atoms with Gasteiger partial charge in [0, 0.05) is 24.3 Å². The van der Waals surface area contributed by atoms with Gasteiger partial charge in [0.15, 0.2) is 0 Å². The third-order valence-electron chi connectivity index (χ3n) is 3.81. The van der Waals surface area contributed by atoms with E-state index in [0.717, 1.165) is 18.7 Å². The molecule has 3 N–H and O–H groups in total. The molecule has 6 nitrogen and oxygen atoms in total. The summed E-state index contributed by atoms with van der Waals surface area (Å²) in [6, 6.07) is -0.491. The summed E-state index contributed by atoms with van der Waals surface area (Å²) in [6.45, 7) is 9.20. The van der Waals surface area contributed by atoms with Gasteiger partial charge in [0.2, 0.25) is 5.91 Å². The number of aromatic nitrogens is 2. The minimum absolute atomic E-state index is 0.0309. The van der Waals surface area contributed by atoms with Gasteiger partial charge in [0.25, 0.3) is 0 Å². The fourth-order valence-electron chi connectivity index (χ4n) is 2.57. The Labute approximate surface area is 126 Å². The average molecular weight is 294 g/mol. The monoisotopic (exact) mass is 294 g/mol. The second-order valence-corrected chi connectivity index (χ2v) is 6.79. The third kappa shape index (κ3) is 3.83. The number of nitrogens with zero attached hydrogens (tertiary/aromatic N) is 2. The first-order chi connectivity index (χ1) is 9.79. The molecule has 0 radical (unpaired) electrons. The highest BCUT2D eigenvalue weighted by Crippen LogP contribution is 2.28. The normalized spacial score (nSPS) is 22.0. The molecule has 0 aliphatic carbocycles. The minimum atomic E-state index is -0.338. The van der Waals surface area contributed by atoms with E-state index in [9.17, 15) is 4.79 Å². The van der Waals surface area contributed by atoms with Crippen LogP contribution in [0, 0.1) is 5.92 Å². The van der Waals surface area contributed by atoms with Crippen molar-refractivity contribution in [2.75, 3.05) is 13.2 Å². The van der Waals surface area contributed by atoms with E-state index in [1.165, 1.54) is 0 Å². The van der Waals surface area contributed by atoms with Crippen LogP contribution in [-0.4, -0.2) is 34.2 Å². The molecular formula is C15H26N4O2. The average Bonchev–Trinajstić information content (AvgIpc) is 3.06. The number of nitrogens with one attached hydrogen (secondary N) is 1. The Bertz CT molecular complexity index is 486. The highest BCUT2D eigenvalue weighted by molar-refractivity contribution is 5.80. The lowest BCUT2D eigenvalue weighted by Crippen LogP contribution is -2.44. The van der Waals surface area contributed by atoms with Crippen LogP contribution in [0.1, 0.15) is 51.9 Å². The zero-order valence-corrected chi connectivity index (χ0v) is 13.3. The Kier molecular flexibility index (Phi) is 4.68. The van der Waals surface area contributed by atoms with Gasteiger partial charge < -0.3 is 20.4 Å². The molecule has 3 unspecified atom stereocenters. The molecular weight excluding hydrogens is 268 g/mol. The molecule has 0 aromatic carbocycles. The summed E-state index contributed by atoms with van der Waals surface area (Å²) < 4.78 is 7.27. The van der Waals surface area contributed by atoms with Gasteiger partial charge in [-0.3, -0.25) is 4.79 Å². The van der Waals surface area contributed by atoms with E-state index in [1.54, 1.807) is 12.5 Å². The summed E-state index contributed by atoms with van der Waals surface area (Å²) >= 11 is 0. The van der Waals surface area contributed by atoms with Gasteiger partial charge in [-0.1, -0.05) is 0 Å². The van der Waals surface area contributed by atoms with Gasteiger partial charge in [-0.15, -0.1) is 0 Å². The highest BCUT2D eigenvalue weighted by atomic mass is 16.5. The SMILES string of the molecule is CC(C(=O)NC(C)(C)C)n1cncc1C(N)C1CCOC1. The molecule has 1 aromatic rings. The second kappa shape index (κ2) is 6.15. The van der Waals surface area contributed by atoms with Gasteiger partial charge in [0.1, 0.15) is 6.04 Å². The summed E-state index contributed by atoms with van der Waals surface area (Å²) in [7, 11) is 0. The molecule has 118 valence electrons. The van der Waals surface area contributed by atoms with Crippen LogP contribution in [0.2, 0.25) is 0 Å². The van der Waals surface area contributed by atoms with Crippen LogP contribution in [-0.2, 0) is 9.53 Å². The van der Waals surface area contributed by atoms with Crippen LogP contribution in [0.5, 0.6) is 0 Å². The van der Waals surface area contributed by atoms with Crippen LogP contribution >= 0.6 is 0 Å². The van der Waals surface area contributed by atoms with Gasteiger partial charge in [0.05, 0.1) is 24.7 Å². The predicted octanol–water partition coefficient (Wildman–Crippen LogP) is 1.40. The molecule has 1 fully saturated rings. The Morgan fingerprint density at radius 3 is 2.86 bits per heavy atom. The Morgan fingerprint density at radius 1 is 1.57 bits per heavy atom. The lowest BCUT2D eigenvalue weighted by Gasteiger charge is -2.26. The molecule has 6 heteroatoms. The summed E-state index contributed by atoms with van der Waals surface area (Å²) in [4.78, 5) is 16.5. The third-order valence-corrected chi connectivity index (χ3v) is 3.81. The predicted molar refractivity (Wildman–Crippen MR) is 80.7 cm³/mol. The van der Waals surface area contributed by atoms with Crippen molar-refractivity contribution >= 4 is 5.91 Å². The van der Waals surface area contributed by atoms with Crippen molar-refractivity contribution in [3.63, 3.8) is 0 Å². The van der Waals surface area contributed by atoms with E-state index in [2.05, 4.69) is 10.3 Å². The maximum atomic E-state index is 12.3. The van der Waals surface area contributed by atoms with Gasteiger partial charge >= 0.3 is 0 Å². The number of amides is 1. The number of nitrogens with two attached hydrogens (primary N) is 1. The number of carbonyl (C=O) groups is 1. The van der Waals surface area contributed by atoms with Crippen molar-refractivity contribution in [1.29, 1.82) is 0 Å². The minimum Gasteiger partial charge on any atom is -0.381 e. The molecule has 1 saturated heterocycles. The Balaban J connectivity index is 2.13. The zero-order chi connectivity index (χ0) is 15.6. The maximum Gasteiger partial charge on any atom is 0.243 e. The van der Waals surface area contributed by atoms with Crippen LogP contribution in [0.25, 0.3) is 0 Å². The number of ether oxygens (including phenoxy) is 1. The van der Waals surface area contributed by atoms with Crippen LogP contribution in [0.4, 0.5) is 0 Å². The first-order valence-electron chi connectivity index (χ1n) is 7.46. The van der Waals surface area contributed by atoms with E-state index in [0.29, 0.717) is 12.5 Å². The van der Waals surface area contributed by atoms with Gasteiger partial charge in [-0.05, 0) is 34.1 Å². The lowest BCUT2D eigenvalue weighted by atomic mass is 9.97. The number of imidazole rings is 1. The van der Waals surface area contributed by atoms with Crippen molar-refractivity contribution in [1.82, 2.24) is 14.9 Å². The first-order valence-corrected chi connectivity index (χ1v) is 7.46. The summed E-state index contributed by atoms with van der Waals surface area (Å²) in [6.07, 6.45) is 4.39. The second-order valence-electron chi connectivity index (χ2n) is 6.79. The largest absolute Gasteiger partial charge is 0.381 e. The molecule has 0 bridgehead atoms. The quantitative estimate of drug-likeness (QED) is 0.879. The van der Waals surface area contributed by atoms with Crippen molar-refractivity contribution in [2.24, 2.45) is 11.7 Å². The number of rotatable bonds is 4. The molecule has 2 heterocycles. The van der Waals surface area contributed by atoms with E-state index >= 15 is 0 Å². The van der Waals surface area contributed by atoms with Gasteiger partial charge in [-0.25, -0.2) is 4.98 Å². The van der Waals surface area contributed by atoms with E-state index in [-0.39, 0.29) is 23.5 Å².